The molecule has 0 aliphatic rings. The Morgan fingerprint density at radius 1 is 0.919 bits per heavy atom. The molecule has 14 nitrogen and oxygen atoms in total. The van der Waals surface area contributed by atoms with E-state index in [1.807, 2.05) is 0 Å². The third-order valence-electron chi connectivity index (χ3n) is 10.1. The lowest BCUT2D eigenvalue weighted by molar-refractivity contribution is 0.0998. The number of aromatic nitrogens is 2. The summed E-state index contributed by atoms with van der Waals surface area (Å²) in [6.45, 7) is 2.59. The summed E-state index contributed by atoms with van der Waals surface area (Å²) in [4.78, 5) is 44.4. The highest BCUT2D eigenvalue weighted by Crippen LogP contribution is 2.35. The number of aliphatic hydroxyl groups excluding tert-OH is 1. The number of H-pyrrole nitrogens is 1. The van der Waals surface area contributed by atoms with Gasteiger partial charge in [0.2, 0.25) is 15.4 Å². The maximum atomic E-state index is 14.1. The standard InChI is InChI=1S/C47H42N6O8S/c1-28-22-35(25-38-43(28)50-26-39(46(48)57)44(38)51-32-10-7-11-33(24-32)61-2)62(59,60)34-12-6-9-30(23-34)47(58)52-31-15-13-29(14-16-31)8-4-3-5-21-49-27-41(55)36-17-19-40(54)45-37(36)18-20-42(56)53-45/h6-7,9-20,22-26,41,49,54-55H,3,5,21,27H2,1-2H3,(H2,48,57)(H,50,51)(H,52,58)(H,53,56). The Hall–Kier alpha value is -7.51. The Labute approximate surface area is 356 Å². The number of carbonyl (C=O) groups excluding carboxylic acids is 2. The van der Waals surface area contributed by atoms with Crippen LogP contribution < -0.4 is 32.0 Å². The van der Waals surface area contributed by atoms with Crippen LogP contribution in [0.4, 0.5) is 17.1 Å². The summed E-state index contributed by atoms with van der Waals surface area (Å²) >= 11 is 0. The average molecular weight is 851 g/mol. The Morgan fingerprint density at radius 2 is 1.71 bits per heavy atom. The number of aryl methyl sites for hydroxylation is 1. The third kappa shape index (κ3) is 9.43. The number of methoxy groups -OCH3 is 1. The predicted octanol–water partition coefficient (Wildman–Crippen LogP) is 6.48. The smallest absolute Gasteiger partial charge is 0.255 e. The number of primary amides is 1. The molecule has 0 aliphatic carbocycles. The molecule has 1 unspecified atom stereocenters. The van der Waals surface area contributed by atoms with Crippen LogP contribution in [-0.2, 0) is 9.84 Å². The first-order chi connectivity index (χ1) is 29.8. The minimum absolute atomic E-state index is 0.0648. The number of phenols is 1. The molecule has 2 heterocycles. The van der Waals surface area contributed by atoms with Gasteiger partial charge in [0.1, 0.15) is 11.5 Å². The van der Waals surface area contributed by atoms with Crippen LogP contribution in [0.5, 0.6) is 11.5 Å². The number of benzene rings is 5. The summed E-state index contributed by atoms with van der Waals surface area (Å²) in [7, 11) is -2.65. The zero-order valence-electron chi connectivity index (χ0n) is 33.7. The first-order valence-electron chi connectivity index (χ1n) is 19.5. The monoisotopic (exact) mass is 850 g/mol. The lowest BCUT2D eigenvalue weighted by atomic mass is 10.0. The number of rotatable bonds is 14. The number of hydrogen-bond acceptors (Lipinski definition) is 11. The van der Waals surface area contributed by atoms with E-state index < -0.39 is 27.8 Å². The van der Waals surface area contributed by atoms with Crippen LogP contribution in [0.25, 0.3) is 21.8 Å². The van der Waals surface area contributed by atoms with Gasteiger partial charge in [0.15, 0.2) is 0 Å². The van der Waals surface area contributed by atoms with E-state index in [-0.39, 0.29) is 50.0 Å². The van der Waals surface area contributed by atoms with Gasteiger partial charge in [0.25, 0.3) is 11.8 Å². The molecule has 0 saturated carbocycles. The summed E-state index contributed by atoms with van der Waals surface area (Å²) in [5, 5.41) is 31.0. The quantitative estimate of drug-likeness (QED) is 0.0463. The summed E-state index contributed by atoms with van der Waals surface area (Å²) < 4.78 is 33.6. The summed E-state index contributed by atoms with van der Waals surface area (Å²) in [5.74, 6) is 5.46. The van der Waals surface area contributed by atoms with E-state index in [0.29, 0.717) is 57.5 Å². The van der Waals surface area contributed by atoms with Gasteiger partial charge in [-0.05, 0) is 110 Å². The largest absolute Gasteiger partial charge is 0.506 e. The van der Waals surface area contributed by atoms with Crippen molar-refractivity contribution >= 4 is 60.5 Å². The fourth-order valence-electron chi connectivity index (χ4n) is 6.91. The Kier molecular flexibility index (Phi) is 12.6. The van der Waals surface area contributed by atoms with E-state index in [1.54, 1.807) is 67.6 Å². The fourth-order valence-corrected chi connectivity index (χ4v) is 8.33. The van der Waals surface area contributed by atoms with Gasteiger partial charge < -0.3 is 41.6 Å². The highest BCUT2D eigenvalue weighted by atomic mass is 32.2. The number of unbranched alkanes of at least 4 members (excludes halogenated alkanes) is 1. The number of sulfone groups is 1. The Bertz CT molecular complexity index is 3090. The second-order valence-electron chi connectivity index (χ2n) is 14.4. The lowest BCUT2D eigenvalue weighted by Gasteiger charge is -2.16. The van der Waals surface area contributed by atoms with Gasteiger partial charge in [-0.3, -0.25) is 19.4 Å². The fraction of sp³-hybridized carbons (Fsp3) is 0.149. The molecule has 314 valence electrons. The second kappa shape index (κ2) is 18.4. The molecule has 0 bridgehead atoms. The number of hydrogen-bond donors (Lipinski definition) is 7. The van der Waals surface area contributed by atoms with Crippen molar-refractivity contribution in [2.75, 3.05) is 30.8 Å². The SMILES string of the molecule is COc1cccc(Nc2c(C(N)=O)cnc3c(C)cc(S(=O)(=O)c4cccc(C(=O)Nc5ccc(C#CCCCNCC(O)c6ccc(O)c7[nH]c(=O)ccc67)cc5)c4)cc23)c1. The molecule has 7 rings (SSSR count). The number of fused-ring (bicyclic) bond motifs is 2. The zero-order chi connectivity index (χ0) is 44.0. The van der Waals surface area contributed by atoms with E-state index in [0.717, 1.165) is 12.0 Å². The molecule has 15 heteroatoms. The Morgan fingerprint density at radius 3 is 2.48 bits per heavy atom. The maximum Gasteiger partial charge on any atom is 0.255 e. The van der Waals surface area contributed by atoms with E-state index in [2.05, 4.69) is 37.8 Å². The molecule has 5 aromatic carbocycles. The highest BCUT2D eigenvalue weighted by Gasteiger charge is 2.24. The van der Waals surface area contributed by atoms with E-state index in [4.69, 9.17) is 10.5 Å². The van der Waals surface area contributed by atoms with Crippen LogP contribution in [0.3, 0.4) is 0 Å². The first-order valence-corrected chi connectivity index (χ1v) is 20.9. The molecular weight excluding hydrogens is 809 g/mol. The zero-order valence-corrected chi connectivity index (χ0v) is 34.5. The number of amides is 2. The van der Waals surface area contributed by atoms with Crippen molar-refractivity contribution in [1.29, 1.82) is 0 Å². The molecule has 2 amide bonds. The van der Waals surface area contributed by atoms with Gasteiger partial charge in [0, 0.05) is 64.6 Å². The summed E-state index contributed by atoms with van der Waals surface area (Å²) in [6, 6.07) is 28.6. The Balaban J connectivity index is 0.977. The topological polar surface area (TPSA) is 226 Å². The molecular formula is C47H42N6O8S. The minimum Gasteiger partial charge on any atom is -0.506 e. The van der Waals surface area contributed by atoms with Crippen LogP contribution in [0.2, 0.25) is 0 Å². The molecule has 8 N–H and O–H groups in total. The van der Waals surface area contributed by atoms with Gasteiger partial charge in [-0.2, -0.15) is 0 Å². The number of nitrogens with two attached hydrogens (primary N) is 1. The molecule has 62 heavy (non-hydrogen) atoms. The van der Waals surface area contributed by atoms with Crippen molar-refractivity contribution in [2.24, 2.45) is 5.73 Å². The van der Waals surface area contributed by atoms with Crippen molar-refractivity contribution in [3.63, 3.8) is 0 Å². The van der Waals surface area contributed by atoms with Crippen LogP contribution in [0.1, 0.15) is 56.4 Å². The van der Waals surface area contributed by atoms with Crippen molar-refractivity contribution in [1.82, 2.24) is 15.3 Å². The molecule has 2 aromatic heterocycles. The second-order valence-corrected chi connectivity index (χ2v) is 16.3. The lowest BCUT2D eigenvalue weighted by Crippen LogP contribution is -2.22. The van der Waals surface area contributed by atoms with E-state index in [1.165, 1.54) is 61.8 Å². The number of ether oxygens (including phenoxy) is 1. The van der Waals surface area contributed by atoms with Crippen LogP contribution in [0, 0.1) is 18.8 Å². The van der Waals surface area contributed by atoms with Crippen LogP contribution in [-0.4, -0.2) is 60.6 Å². The number of aromatic hydroxyl groups is 1. The van der Waals surface area contributed by atoms with E-state index in [9.17, 15) is 33.0 Å². The first kappa shape index (κ1) is 42.6. The van der Waals surface area contributed by atoms with Gasteiger partial charge in [-0.1, -0.05) is 30.0 Å². The normalized spacial score (nSPS) is 11.7. The molecule has 0 aliphatic heterocycles. The number of anilines is 3. The van der Waals surface area contributed by atoms with Gasteiger partial charge in [0.05, 0.1) is 45.3 Å². The number of aromatic amines is 1. The number of nitrogens with zero attached hydrogens (tertiary/aromatic N) is 1. The summed E-state index contributed by atoms with van der Waals surface area (Å²) in [6.07, 6.45) is 1.82. The number of aliphatic hydroxyl groups is 1. The van der Waals surface area contributed by atoms with Gasteiger partial charge >= 0.3 is 0 Å². The highest BCUT2D eigenvalue weighted by molar-refractivity contribution is 7.91. The molecule has 0 saturated heterocycles. The molecule has 1 atom stereocenters. The number of carbonyl (C=O) groups is 2. The number of pyridine rings is 2. The molecule has 7 aromatic rings. The molecule has 0 radical (unpaired) electrons. The van der Waals surface area contributed by atoms with Gasteiger partial charge in [-0.25, -0.2) is 8.42 Å². The van der Waals surface area contributed by atoms with Crippen molar-refractivity contribution in [3.8, 4) is 23.3 Å². The van der Waals surface area contributed by atoms with E-state index >= 15 is 0 Å². The third-order valence-corrected chi connectivity index (χ3v) is 11.8. The van der Waals surface area contributed by atoms with Crippen molar-refractivity contribution in [3.05, 3.63) is 154 Å². The van der Waals surface area contributed by atoms with Crippen LogP contribution in [0.15, 0.2) is 130 Å². The molecule has 0 spiro atoms. The maximum absolute atomic E-state index is 14.1. The van der Waals surface area contributed by atoms with Crippen LogP contribution >= 0.6 is 0 Å². The van der Waals surface area contributed by atoms with Gasteiger partial charge in [-0.15, -0.1) is 0 Å². The van der Waals surface area contributed by atoms with Crippen molar-refractivity contribution in [2.45, 2.75) is 35.7 Å². The summed E-state index contributed by atoms with van der Waals surface area (Å²) in [5.41, 5.74) is 9.53. The minimum atomic E-state index is -4.18. The number of nitrogens with one attached hydrogen (secondary N) is 4. The van der Waals surface area contributed by atoms with Crippen molar-refractivity contribution < 1.29 is 33.0 Å². The molecule has 0 fully saturated rings. The predicted molar refractivity (Wildman–Crippen MR) is 238 cm³/mol. The average Bonchev–Trinajstić information content (AvgIpc) is 3.27. The number of phenolic OH excluding ortho intramolecular Hbond substituents is 1.